The van der Waals surface area contributed by atoms with E-state index in [2.05, 4.69) is 20.3 Å². The molecule has 1 aromatic carbocycles. The average molecular weight is 309 g/mol. The predicted molar refractivity (Wildman–Crippen MR) is 84.5 cm³/mol. The number of hydrogen-bond donors (Lipinski definition) is 1. The van der Waals surface area contributed by atoms with Crippen LogP contribution < -0.4 is 10.1 Å². The van der Waals surface area contributed by atoms with Crippen LogP contribution in [0.3, 0.4) is 0 Å². The zero-order chi connectivity index (χ0) is 16.1. The van der Waals surface area contributed by atoms with Crippen molar-refractivity contribution in [2.45, 2.75) is 6.42 Å². The summed E-state index contributed by atoms with van der Waals surface area (Å²) >= 11 is 0. The van der Waals surface area contributed by atoms with Crippen LogP contribution in [0, 0.1) is 0 Å². The number of nitrogens with zero attached hydrogens (tertiary/aromatic N) is 4. The van der Waals surface area contributed by atoms with E-state index < -0.39 is 0 Å². The summed E-state index contributed by atoms with van der Waals surface area (Å²) in [5, 5.41) is 2.77. The van der Waals surface area contributed by atoms with Crippen molar-refractivity contribution < 1.29 is 9.53 Å². The van der Waals surface area contributed by atoms with Gasteiger partial charge in [-0.3, -0.25) is 9.36 Å². The number of amides is 1. The molecular formula is C16H15N5O2. The van der Waals surface area contributed by atoms with Gasteiger partial charge in [0, 0.05) is 18.5 Å². The molecule has 0 atom stereocenters. The van der Waals surface area contributed by atoms with E-state index in [9.17, 15) is 4.79 Å². The molecule has 0 aliphatic carbocycles. The molecule has 23 heavy (non-hydrogen) atoms. The minimum atomic E-state index is -0.148. The first-order chi connectivity index (χ1) is 11.2. The molecule has 2 heterocycles. The highest BCUT2D eigenvalue weighted by molar-refractivity contribution is 5.91. The Hall–Kier alpha value is -3.22. The molecule has 0 saturated heterocycles. The van der Waals surface area contributed by atoms with Gasteiger partial charge in [-0.1, -0.05) is 12.1 Å². The van der Waals surface area contributed by atoms with E-state index in [0.29, 0.717) is 11.6 Å². The van der Waals surface area contributed by atoms with Gasteiger partial charge in [-0.05, 0) is 17.7 Å². The molecule has 0 radical (unpaired) electrons. The van der Waals surface area contributed by atoms with Gasteiger partial charge in [0.2, 0.25) is 5.91 Å². The van der Waals surface area contributed by atoms with Gasteiger partial charge in [0.05, 0.1) is 13.5 Å². The highest BCUT2D eigenvalue weighted by Gasteiger charge is 2.07. The van der Waals surface area contributed by atoms with E-state index in [1.807, 2.05) is 24.3 Å². The fourth-order valence-corrected chi connectivity index (χ4v) is 2.07. The molecule has 3 aromatic rings. The van der Waals surface area contributed by atoms with Crippen molar-refractivity contribution in [2.24, 2.45) is 0 Å². The number of methoxy groups -OCH3 is 1. The Morgan fingerprint density at radius 1 is 1.26 bits per heavy atom. The van der Waals surface area contributed by atoms with Crippen molar-refractivity contribution >= 4 is 11.7 Å². The summed E-state index contributed by atoms with van der Waals surface area (Å²) in [5.74, 6) is 1.69. The Morgan fingerprint density at radius 2 is 2.09 bits per heavy atom. The second-order valence-electron chi connectivity index (χ2n) is 4.80. The summed E-state index contributed by atoms with van der Waals surface area (Å²) < 4.78 is 6.83. The van der Waals surface area contributed by atoms with Crippen LogP contribution in [0.2, 0.25) is 0 Å². The standard InChI is InChI=1S/C16H15N5O2/c1-23-13-4-2-12(3-5-13)8-16(22)20-14-9-15(19-10-18-14)21-7-6-17-11-21/h2-7,9-11H,8H2,1H3,(H,18,19,20,22). The van der Waals surface area contributed by atoms with E-state index in [4.69, 9.17) is 4.74 Å². The molecule has 0 spiro atoms. The van der Waals surface area contributed by atoms with Crippen LogP contribution in [0.25, 0.3) is 5.82 Å². The lowest BCUT2D eigenvalue weighted by molar-refractivity contribution is -0.115. The van der Waals surface area contributed by atoms with Crippen LogP contribution in [0.4, 0.5) is 5.82 Å². The maximum Gasteiger partial charge on any atom is 0.229 e. The Labute approximate surface area is 133 Å². The van der Waals surface area contributed by atoms with Crippen LogP contribution in [-0.4, -0.2) is 32.5 Å². The van der Waals surface area contributed by atoms with E-state index in [1.165, 1.54) is 6.33 Å². The molecule has 0 fully saturated rings. The van der Waals surface area contributed by atoms with Crippen molar-refractivity contribution in [1.82, 2.24) is 19.5 Å². The van der Waals surface area contributed by atoms with E-state index in [1.54, 1.807) is 36.5 Å². The van der Waals surface area contributed by atoms with Crippen molar-refractivity contribution in [2.75, 3.05) is 12.4 Å². The zero-order valence-electron chi connectivity index (χ0n) is 12.5. The smallest absolute Gasteiger partial charge is 0.229 e. The molecule has 0 unspecified atom stereocenters. The molecule has 1 N–H and O–H groups in total. The molecule has 0 aliphatic heterocycles. The molecule has 0 bridgehead atoms. The first-order valence-corrected chi connectivity index (χ1v) is 6.98. The fourth-order valence-electron chi connectivity index (χ4n) is 2.07. The first kappa shape index (κ1) is 14.7. The fraction of sp³-hybridized carbons (Fsp3) is 0.125. The number of aromatic nitrogens is 4. The number of anilines is 1. The SMILES string of the molecule is COc1ccc(CC(=O)Nc2cc(-n3ccnc3)ncn2)cc1. The van der Waals surface area contributed by atoms with Crippen LogP contribution in [-0.2, 0) is 11.2 Å². The summed E-state index contributed by atoms with van der Waals surface area (Å²) in [7, 11) is 1.61. The number of hydrogen-bond acceptors (Lipinski definition) is 5. The average Bonchev–Trinajstić information content (AvgIpc) is 3.10. The van der Waals surface area contributed by atoms with Crippen molar-refractivity contribution in [3.8, 4) is 11.6 Å². The van der Waals surface area contributed by atoms with Crippen LogP contribution in [0.15, 0.2) is 55.4 Å². The van der Waals surface area contributed by atoms with Crippen molar-refractivity contribution in [3.63, 3.8) is 0 Å². The van der Waals surface area contributed by atoms with Gasteiger partial charge in [-0.15, -0.1) is 0 Å². The lowest BCUT2D eigenvalue weighted by atomic mass is 10.1. The largest absolute Gasteiger partial charge is 0.497 e. The molecule has 7 heteroatoms. The molecule has 0 saturated carbocycles. The molecule has 3 rings (SSSR count). The number of rotatable bonds is 5. The Morgan fingerprint density at radius 3 is 2.78 bits per heavy atom. The second kappa shape index (κ2) is 6.69. The number of carbonyl (C=O) groups excluding carboxylic acids is 1. The third kappa shape index (κ3) is 3.70. The van der Waals surface area contributed by atoms with Gasteiger partial charge < -0.3 is 10.1 Å². The predicted octanol–water partition coefficient (Wildman–Crippen LogP) is 1.85. The van der Waals surface area contributed by atoms with Gasteiger partial charge in [-0.2, -0.15) is 0 Å². The molecular weight excluding hydrogens is 294 g/mol. The normalized spacial score (nSPS) is 10.3. The van der Waals surface area contributed by atoms with Crippen molar-refractivity contribution in [1.29, 1.82) is 0 Å². The number of nitrogens with one attached hydrogen (secondary N) is 1. The van der Waals surface area contributed by atoms with E-state index in [-0.39, 0.29) is 12.3 Å². The molecule has 7 nitrogen and oxygen atoms in total. The van der Waals surface area contributed by atoms with Gasteiger partial charge in [-0.25, -0.2) is 15.0 Å². The Bertz CT molecular complexity index is 784. The lowest BCUT2D eigenvalue weighted by Crippen LogP contribution is -2.15. The minimum Gasteiger partial charge on any atom is -0.497 e. The third-order valence-corrected chi connectivity index (χ3v) is 3.21. The number of benzene rings is 1. The Balaban J connectivity index is 1.66. The lowest BCUT2D eigenvalue weighted by Gasteiger charge is -2.07. The molecule has 116 valence electrons. The van der Waals surface area contributed by atoms with E-state index in [0.717, 1.165) is 11.3 Å². The summed E-state index contributed by atoms with van der Waals surface area (Å²) in [6, 6.07) is 9.05. The number of imidazole rings is 1. The van der Waals surface area contributed by atoms with Crippen LogP contribution in [0.5, 0.6) is 5.75 Å². The highest BCUT2D eigenvalue weighted by atomic mass is 16.5. The van der Waals surface area contributed by atoms with Gasteiger partial charge in [0.15, 0.2) is 0 Å². The quantitative estimate of drug-likeness (QED) is 0.778. The molecule has 2 aromatic heterocycles. The summed E-state index contributed by atoms with van der Waals surface area (Å²) in [5.41, 5.74) is 0.896. The monoisotopic (exact) mass is 309 g/mol. The van der Waals surface area contributed by atoms with Gasteiger partial charge in [0.1, 0.15) is 30.0 Å². The van der Waals surface area contributed by atoms with Crippen LogP contribution >= 0.6 is 0 Å². The summed E-state index contributed by atoms with van der Waals surface area (Å²) in [6.45, 7) is 0. The second-order valence-corrected chi connectivity index (χ2v) is 4.80. The first-order valence-electron chi connectivity index (χ1n) is 6.98. The van der Waals surface area contributed by atoms with Crippen LogP contribution in [0.1, 0.15) is 5.56 Å². The maximum absolute atomic E-state index is 12.1. The van der Waals surface area contributed by atoms with Crippen molar-refractivity contribution in [3.05, 3.63) is 60.9 Å². The topological polar surface area (TPSA) is 81.9 Å². The number of carbonyl (C=O) groups is 1. The number of ether oxygens (including phenoxy) is 1. The summed E-state index contributed by atoms with van der Waals surface area (Å²) in [6.07, 6.45) is 6.72. The summed E-state index contributed by atoms with van der Waals surface area (Å²) in [4.78, 5) is 24.3. The Kier molecular flexibility index (Phi) is 4.28. The molecule has 0 aliphatic rings. The highest BCUT2D eigenvalue weighted by Crippen LogP contribution is 2.13. The van der Waals surface area contributed by atoms with Gasteiger partial charge >= 0.3 is 0 Å². The maximum atomic E-state index is 12.1. The van der Waals surface area contributed by atoms with Gasteiger partial charge in [0.25, 0.3) is 0 Å². The zero-order valence-corrected chi connectivity index (χ0v) is 12.5. The van der Waals surface area contributed by atoms with E-state index >= 15 is 0 Å². The third-order valence-electron chi connectivity index (χ3n) is 3.21. The molecule has 1 amide bonds. The minimum absolute atomic E-state index is 0.148.